The lowest BCUT2D eigenvalue weighted by Crippen LogP contribution is -2.53. The van der Waals surface area contributed by atoms with Crippen molar-refractivity contribution in [2.24, 2.45) is 0 Å². The number of hydrogen-bond acceptors (Lipinski definition) is 6. The molecule has 1 fully saturated rings. The summed E-state index contributed by atoms with van der Waals surface area (Å²) < 4.78 is 11.3. The zero-order valence-electron chi connectivity index (χ0n) is 18.9. The Balaban J connectivity index is 1.60. The SMILES string of the molecule is CCOc1ccccc1C1C2=C(CNC2=O)NC2CCCCC2N1C(=O)CCc1ncco1. The zero-order chi connectivity index (χ0) is 22.8. The van der Waals surface area contributed by atoms with Gasteiger partial charge in [-0.05, 0) is 25.8 Å². The molecule has 2 aromatic rings. The van der Waals surface area contributed by atoms with Gasteiger partial charge in [0.05, 0.1) is 37.0 Å². The van der Waals surface area contributed by atoms with Crippen molar-refractivity contribution in [2.75, 3.05) is 13.2 Å². The van der Waals surface area contributed by atoms with Gasteiger partial charge in [-0.1, -0.05) is 31.0 Å². The topological polar surface area (TPSA) is 96.7 Å². The molecule has 0 spiro atoms. The fraction of sp³-hybridized carbons (Fsp3) is 0.480. The number of benzene rings is 1. The van der Waals surface area contributed by atoms with E-state index >= 15 is 0 Å². The second-order valence-corrected chi connectivity index (χ2v) is 8.78. The second kappa shape index (κ2) is 9.29. The lowest BCUT2D eigenvalue weighted by atomic mass is 9.87. The van der Waals surface area contributed by atoms with E-state index in [4.69, 9.17) is 9.15 Å². The molecule has 3 atom stereocenters. The molecule has 3 heterocycles. The lowest BCUT2D eigenvalue weighted by Gasteiger charge is -2.43. The predicted molar refractivity (Wildman–Crippen MR) is 121 cm³/mol. The summed E-state index contributed by atoms with van der Waals surface area (Å²) in [4.78, 5) is 33.1. The van der Waals surface area contributed by atoms with E-state index < -0.39 is 6.04 Å². The van der Waals surface area contributed by atoms with Gasteiger partial charge < -0.3 is 24.7 Å². The first-order valence-electron chi connectivity index (χ1n) is 11.9. The number of oxazole rings is 1. The third kappa shape index (κ3) is 4.10. The molecule has 3 unspecified atom stereocenters. The van der Waals surface area contributed by atoms with Gasteiger partial charge in [0.25, 0.3) is 5.91 Å². The minimum absolute atomic E-state index is 0.00310. The van der Waals surface area contributed by atoms with Gasteiger partial charge in [-0.25, -0.2) is 4.98 Å². The number of nitrogens with one attached hydrogen (secondary N) is 2. The van der Waals surface area contributed by atoms with Crippen molar-refractivity contribution in [1.29, 1.82) is 0 Å². The molecule has 2 N–H and O–H groups in total. The van der Waals surface area contributed by atoms with Crippen molar-refractivity contribution < 1.29 is 18.7 Å². The molecule has 8 nitrogen and oxygen atoms in total. The summed E-state index contributed by atoms with van der Waals surface area (Å²) in [5.74, 6) is 1.12. The van der Waals surface area contributed by atoms with Gasteiger partial charge in [0.1, 0.15) is 12.0 Å². The van der Waals surface area contributed by atoms with Crippen LogP contribution in [0, 0.1) is 0 Å². The van der Waals surface area contributed by atoms with E-state index in [1.54, 1.807) is 6.20 Å². The highest BCUT2D eigenvalue weighted by atomic mass is 16.5. The number of hydrogen-bond donors (Lipinski definition) is 2. The van der Waals surface area contributed by atoms with E-state index in [1.807, 2.05) is 36.1 Å². The highest BCUT2D eigenvalue weighted by molar-refractivity contribution is 5.99. The van der Waals surface area contributed by atoms with Crippen LogP contribution in [0.25, 0.3) is 0 Å². The predicted octanol–water partition coefficient (Wildman–Crippen LogP) is 2.87. The summed E-state index contributed by atoms with van der Waals surface area (Å²) in [5.41, 5.74) is 2.37. The van der Waals surface area contributed by atoms with Crippen LogP contribution >= 0.6 is 0 Å². The van der Waals surface area contributed by atoms with Gasteiger partial charge in [0.15, 0.2) is 5.89 Å². The van der Waals surface area contributed by atoms with Crippen molar-refractivity contribution in [1.82, 2.24) is 20.5 Å². The number of para-hydroxylation sites is 1. The Morgan fingerprint density at radius 1 is 1.27 bits per heavy atom. The smallest absolute Gasteiger partial charge is 0.251 e. The summed E-state index contributed by atoms with van der Waals surface area (Å²) in [6, 6.07) is 7.35. The molecular formula is C25H30N4O4. The second-order valence-electron chi connectivity index (χ2n) is 8.78. The first-order chi connectivity index (χ1) is 16.2. The number of carbonyl (C=O) groups is 2. The molecule has 0 bridgehead atoms. The molecule has 5 rings (SSSR count). The summed E-state index contributed by atoms with van der Waals surface area (Å²) >= 11 is 0. The molecule has 1 aliphatic carbocycles. The number of carbonyl (C=O) groups excluding carboxylic acids is 2. The lowest BCUT2D eigenvalue weighted by molar-refractivity contribution is -0.137. The summed E-state index contributed by atoms with van der Waals surface area (Å²) in [6.07, 6.45) is 7.84. The molecule has 0 radical (unpaired) electrons. The highest BCUT2D eigenvalue weighted by Crippen LogP contribution is 2.43. The maximum absolute atomic E-state index is 13.9. The number of fused-ring (bicyclic) bond motifs is 1. The van der Waals surface area contributed by atoms with Crippen LogP contribution in [0.1, 0.15) is 56.5 Å². The maximum atomic E-state index is 13.9. The monoisotopic (exact) mass is 450 g/mol. The quantitative estimate of drug-likeness (QED) is 0.703. The molecule has 3 aliphatic rings. The minimum atomic E-state index is -0.511. The normalized spacial score (nSPS) is 24.5. The molecule has 2 aliphatic heterocycles. The number of aromatic nitrogens is 1. The summed E-state index contributed by atoms with van der Waals surface area (Å²) in [6.45, 7) is 2.90. The third-order valence-corrected chi connectivity index (χ3v) is 6.83. The maximum Gasteiger partial charge on any atom is 0.251 e. The fourth-order valence-corrected chi connectivity index (χ4v) is 5.43. The van der Waals surface area contributed by atoms with Crippen molar-refractivity contribution in [3.05, 3.63) is 59.4 Å². The van der Waals surface area contributed by atoms with Crippen LogP contribution in [0.5, 0.6) is 5.75 Å². The molecule has 1 aromatic heterocycles. The van der Waals surface area contributed by atoms with Gasteiger partial charge in [-0.3, -0.25) is 9.59 Å². The first kappa shape index (κ1) is 21.6. The molecular weight excluding hydrogens is 420 g/mol. The van der Waals surface area contributed by atoms with Gasteiger partial charge in [0.2, 0.25) is 5.91 Å². The Hall–Kier alpha value is -3.29. The first-order valence-corrected chi connectivity index (χ1v) is 11.9. The largest absolute Gasteiger partial charge is 0.494 e. The highest BCUT2D eigenvalue weighted by Gasteiger charge is 2.46. The van der Waals surface area contributed by atoms with E-state index in [-0.39, 0.29) is 30.3 Å². The van der Waals surface area contributed by atoms with Crippen LogP contribution < -0.4 is 15.4 Å². The molecule has 0 saturated heterocycles. The number of aryl methyl sites for hydroxylation is 1. The van der Waals surface area contributed by atoms with Gasteiger partial charge in [0, 0.05) is 30.1 Å². The Morgan fingerprint density at radius 2 is 2.12 bits per heavy atom. The van der Waals surface area contributed by atoms with E-state index in [0.717, 1.165) is 36.9 Å². The van der Waals surface area contributed by atoms with Crippen LogP contribution in [0.15, 0.2) is 52.4 Å². The van der Waals surface area contributed by atoms with Crippen LogP contribution in [0.4, 0.5) is 0 Å². The number of amides is 2. The van der Waals surface area contributed by atoms with E-state index in [2.05, 4.69) is 15.6 Å². The Labute approximate surface area is 193 Å². The third-order valence-electron chi connectivity index (χ3n) is 6.83. The number of rotatable bonds is 6. The van der Waals surface area contributed by atoms with Gasteiger partial charge in [-0.2, -0.15) is 0 Å². The molecule has 33 heavy (non-hydrogen) atoms. The fourth-order valence-electron chi connectivity index (χ4n) is 5.43. The van der Waals surface area contributed by atoms with Crippen molar-refractivity contribution in [3.8, 4) is 5.75 Å². The van der Waals surface area contributed by atoms with Crippen LogP contribution in [0.2, 0.25) is 0 Å². The van der Waals surface area contributed by atoms with Gasteiger partial charge >= 0.3 is 0 Å². The van der Waals surface area contributed by atoms with Crippen molar-refractivity contribution in [2.45, 2.75) is 63.6 Å². The molecule has 174 valence electrons. The van der Waals surface area contributed by atoms with Crippen molar-refractivity contribution >= 4 is 11.8 Å². The zero-order valence-corrected chi connectivity index (χ0v) is 18.9. The minimum Gasteiger partial charge on any atom is -0.494 e. The van der Waals surface area contributed by atoms with E-state index in [1.165, 1.54) is 6.26 Å². The van der Waals surface area contributed by atoms with E-state index in [9.17, 15) is 9.59 Å². The molecule has 1 saturated carbocycles. The van der Waals surface area contributed by atoms with Crippen LogP contribution in [-0.4, -0.2) is 46.9 Å². The number of ether oxygens (including phenoxy) is 1. The Kier molecular flexibility index (Phi) is 6.07. The van der Waals surface area contributed by atoms with Crippen molar-refractivity contribution in [3.63, 3.8) is 0 Å². The average molecular weight is 451 g/mol. The summed E-state index contributed by atoms with van der Waals surface area (Å²) in [7, 11) is 0. The average Bonchev–Trinajstić information content (AvgIpc) is 3.44. The molecule has 2 amide bonds. The standard InChI is InChI=1S/C25H30N4O4/c1-2-32-20-10-6-3-7-16(20)24-23-18(15-27-25(23)31)28-17-8-4-5-9-19(17)29(24)22(30)12-11-21-26-13-14-33-21/h3,6-7,10,13-14,17,19,24,28H,2,4-5,8-9,11-12,15H2,1H3,(H,27,31). The van der Waals surface area contributed by atoms with Crippen LogP contribution in [-0.2, 0) is 16.0 Å². The van der Waals surface area contributed by atoms with Crippen LogP contribution in [0.3, 0.4) is 0 Å². The van der Waals surface area contributed by atoms with E-state index in [0.29, 0.717) is 36.8 Å². The van der Waals surface area contributed by atoms with Gasteiger partial charge in [-0.15, -0.1) is 0 Å². The Morgan fingerprint density at radius 3 is 2.94 bits per heavy atom. The number of nitrogens with zero attached hydrogens (tertiary/aromatic N) is 2. The molecule has 1 aromatic carbocycles. The molecule has 8 heteroatoms. The summed E-state index contributed by atoms with van der Waals surface area (Å²) in [5, 5.41) is 6.62. The Bertz CT molecular complexity index is 1050.